The average Bonchev–Trinajstić information content (AvgIpc) is 3.40. The molecule has 4 aromatic rings. The molecule has 1 aliphatic rings. The average molecular weight is 378 g/mol. The van der Waals surface area contributed by atoms with E-state index in [4.69, 9.17) is 4.42 Å². The zero-order valence-electron chi connectivity index (χ0n) is 15.1. The molecule has 3 aromatic heterocycles. The molecule has 1 fully saturated rings. The van der Waals surface area contributed by atoms with E-state index in [1.54, 1.807) is 24.3 Å². The van der Waals surface area contributed by atoms with Gasteiger partial charge in [0, 0.05) is 30.6 Å². The number of aryl methyl sites for hydroxylation is 1. The van der Waals surface area contributed by atoms with E-state index in [2.05, 4.69) is 25.3 Å². The number of imidazole rings is 1. The van der Waals surface area contributed by atoms with Crippen molar-refractivity contribution in [3.05, 3.63) is 42.6 Å². The van der Waals surface area contributed by atoms with Gasteiger partial charge in [-0.15, -0.1) is 0 Å². The molecule has 0 bridgehead atoms. The standard InChI is InChI=1S/C19H18N6O3/c1-10-22-16-12-4-2-3-5-14(12)28-17(16)18(23-10)25-8-11(6-13(25)19(26)27)24-15-7-20-9-21-15/h2-5,7,9,11,13,24H,6,8H2,1H3,(H,20,21)(H,26,27). The number of carboxylic acid groups (broad SMARTS) is 1. The minimum Gasteiger partial charge on any atom is -0.480 e. The summed E-state index contributed by atoms with van der Waals surface area (Å²) in [4.78, 5) is 29.9. The molecule has 2 atom stereocenters. The fraction of sp³-hybridized carbons (Fsp3) is 0.263. The summed E-state index contributed by atoms with van der Waals surface area (Å²) in [5.41, 5.74) is 1.92. The Labute approximate surface area is 159 Å². The molecular weight excluding hydrogens is 360 g/mol. The van der Waals surface area contributed by atoms with Gasteiger partial charge in [-0.25, -0.2) is 19.7 Å². The lowest BCUT2D eigenvalue weighted by Gasteiger charge is -2.22. The molecule has 142 valence electrons. The molecule has 3 N–H and O–H groups in total. The van der Waals surface area contributed by atoms with Crippen molar-refractivity contribution in [1.82, 2.24) is 19.9 Å². The van der Waals surface area contributed by atoms with Gasteiger partial charge in [-0.2, -0.15) is 0 Å². The van der Waals surface area contributed by atoms with E-state index in [0.29, 0.717) is 47.1 Å². The first-order valence-corrected chi connectivity index (χ1v) is 9.01. The van der Waals surface area contributed by atoms with Crippen LogP contribution in [0.15, 0.2) is 41.2 Å². The second-order valence-electron chi connectivity index (χ2n) is 6.91. The van der Waals surface area contributed by atoms with E-state index in [1.165, 1.54) is 0 Å². The van der Waals surface area contributed by atoms with Crippen LogP contribution in [0, 0.1) is 6.92 Å². The van der Waals surface area contributed by atoms with Gasteiger partial charge in [-0.05, 0) is 19.1 Å². The Morgan fingerprint density at radius 3 is 3.00 bits per heavy atom. The fourth-order valence-corrected chi connectivity index (χ4v) is 3.84. The van der Waals surface area contributed by atoms with Crippen LogP contribution in [0.2, 0.25) is 0 Å². The fourth-order valence-electron chi connectivity index (χ4n) is 3.84. The first-order valence-electron chi connectivity index (χ1n) is 9.01. The first-order chi connectivity index (χ1) is 13.6. The number of fused-ring (bicyclic) bond motifs is 3. The van der Waals surface area contributed by atoms with Crippen LogP contribution in [-0.4, -0.2) is 49.6 Å². The van der Waals surface area contributed by atoms with Gasteiger partial charge in [-0.1, -0.05) is 12.1 Å². The number of para-hydroxylation sites is 1. The summed E-state index contributed by atoms with van der Waals surface area (Å²) >= 11 is 0. The highest BCUT2D eigenvalue weighted by molar-refractivity contribution is 6.06. The number of rotatable bonds is 4. The van der Waals surface area contributed by atoms with Crippen molar-refractivity contribution in [3.8, 4) is 0 Å². The Morgan fingerprint density at radius 2 is 2.21 bits per heavy atom. The molecule has 9 heteroatoms. The number of nitrogens with zero attached hydrogens (tertiary/aromatic N) is 4. The van der Waals surface area contributed by atoms with Gasteiger partial charge >= 0.3 is 5.97 Å². The molecule has 0 aliphatic carbocycles. The van der Waals surface area contributed by atoms with Gasteiger partial charge in [0.1, 0.15) is 28.8 Å². The number of furan rings is 1. The van der Waals surface area contributed by atoms with Crippen molar-refractivity contribution in [2.45, 2.75) is 25.4 Å². The van der Waals surface area contributed by atoms with Crippen molar-refractivity contribution in [1.29, 1.82) is 0 Å². The number of anilines is 2. The molecule has 0 radical (unpaired) electrons. The van der Waals surface area contributed by atoms with Crippen molar-refractivity contribution in [3.63, 3.8) is 0 Å². The van der Waals surface area contributed by atoms with E-state index in [1.807, 2.05) is 24.3 Å². The third-order valence-electron chi connectivity index (χ3n) is 5.02. The molecule has 2 unspecified atom stereocenters. The minimum absolute atomic E-state index is 0.0842. The monoisotopic (exact) mass is 378 g/mol. The Hall–Kier alpha value is -3.62. The Balaban J connectivity index is 1.60. The SMILES string of the molecule is Cc1nc(N2CC(Nc3c[nH]cn3)CC2C(=O)O)c2oc3ccccc3c2n1. The number of aromatic nitrogens is 4. The van der Waals surface area contributed by atoms with Gasteiger partial charge in [0.05, 0.1) is 6.33 Å². The van der Waals surface area contributed by atoms with E-state index in [-0.39, 0.29) is 6.04 Å². The van der Waals surface area contributed by atoms with E-state index in [0.717, 1.165) is 5.39 Å². The Bertz CT molecular complexity index is 1170. The maximum atomic E-state index is 12.0. The number of benzene rings is 1. The molecule has 5 rings (SSSR count). The number of carbonyl (C=O) groups is 1. The lowest BCUT2D eigenvalue weighted by molar-refractivity contribution is -0.138. The van der Waals surface area contributed by atoms with Gasteiger partial charge in [0.2, 0.25) is 0 Å². The molecule has 1 aliphatic heterocycles. The summed E-state index contributed by atoms with van der Waals surface area (Å²) in [6, 6.07) is 6.83. The number of aliphatic carboxylic acids is 1. The molecule has 9 nitrogen and oxygen atoms in total. The van der Waals surface area contributed by atoms with E-state index < -0.39 is 12.0 Å². The highest BCUT2D eigenvalue weighted by atomic mass is 16.4. The molecule has 0 saturated carbocycles. The number of H-pyrrole nitrogens is 1. The van der Waals surface area contributed by atoms with Crippen LogP contribution in [0.25, 0.3) is 22.1 Å². The highest BCUT2D eigenvalue weighted by Gasteiger charge is 2.39. The zero-order chi connectivity index (χ0) is 19.3. The van der Waals surface area contributed by atoms with Crippen molar-refractivity contribution >= 4 is 39.7 Å². The molecule has 1 saturated heterocycles. The second kappa shape index (κ2) is 6.22. The molecule has 0 spiro atoms. The Morgan fingerprint density at radius 1 is 1.36 bits per heavy atom. The smallest absolute Gasteiger partial charge is 0.326 e. The molecule has 28 heavy (non-hydrogen) atoms. The topological polar surface area (TPSA) is 120 Å². The van der Waals surface area contributed by atoms with Crippen LogP contribution in [-0.2, 0) is 4.79 Å². The van der Waals surface area contributed by atoms with E-state index in [9.17, 15) is 9.90 Å². The molecular formula is C19H18N6O3. The lowest BCUT2D eigenvalue weighted by Crippen LogP contribution is -2.37. The third-order valence-corrected chi connectivity index (χ3v) is 5.02. The van der Waals surface area contributed by atoms with Crippen LogP contribution < -0.4 is 10.2 Å². The minimum atomic E-state index is -0.896. The summed E-state index contributed by atoms with van der Waals surface area (Å²) in [5, 5.41) is 14.0. The maximum absolute atomic E-state index is 12.0. The summed E-state index contributed by atoms with van der Waals surface area (Å²) in [7, 11) is 0. The number of aromatic amines is 1. The van der Waals surface area contributed by atoms with Gasteiger partial charge in [0.25, 0.3) is 0 Å². The van der Waals surface area contributed by atoms with Crippen LogP contribution in [0.5, 0.6) is 0 Å². The van der Waals surface area contributed by atoms with Crippen molar-refractivity contribution in [2.75, 3.05) is 16.8 Å². The predicted molar refractivity (Wildman–Crippen MR) is 103 cm³/mol. The molecule has 4 heterocycles. The quantitative estimate of drug-likeness (QED) is 0.495. The molecule has 0 amide bonds. The van der Waals surface area contributed by atoms with Gasteiger partial charge in [-0.3, -0.25) is 0 Å². The number of nitrogens with one attached hydrogen (secondary N) is 2. The van der Waals surface area contributed by atoms with Crippen LogP contribution in [0.4, 0.5) is 11.6 Å². The normalized spacial score (nSPS) is 19.5. The first kappa shape index (κ1) is 16.5. The summed E-state index contributed by atoms with van der Waals surface area (Å²) < 4.78 is 6.02. The van der Waals surface area contributed by atoms with Crippen LogP contribution in [0.3, 0.4) is 0 Å². The van der Waals surface area contributed by atoms with Crippen molar-refractivity contribution < 1.29 is 14.3 Å². The number of hydrogen-bond acceptors (Lipinski definition) is 7. The van der Waals surface area contributed by atoms with Crippen molar-refractivity contribution in [2.24, 2.45) is 0 Å². The summed E-state index contributed by atoms with van der Waals surface area (Å²) in [6.45, 7) is 2.27. The predicted octanol–water partition coefficient (Wildman–Crippen LogP) is 2.55. The summed E-state index contributed by atoms with van der Waals surface area (Å²) in [6.07, 6.45) is 3.74. The number of carboxylic acids is 1. The van der Waals surface area contributed by atoms with E-state index >= 15 is 0 Å². The number of hydrogen-bond donors (Lipinski definition) is 3. The zero-order valence-corrected chi connectivity index (χ0v) is 15.1. The van der Waals surface area contributed by atoms with Gasteiger partial charge in [0.15, 0.2) is 11.4 Å². The highest BCUT2D eigenvalue weighted by Crippen LogP contribution is 2.36. The van der Waals surface area contributed by atoms with Gasteiger partial charge < -0.3 is 24.7 Å². The second-order valence-corrected chi connectivity index (χ2v) is 6.91. The third kappa shape index (κ3) is 2.63. The molecule has 1 aromatic carbocycles. The Kier molecular flexibility index (Phi) is 3.68. The lowest BCUT2D eigenvalue weighted by atomic mass is 10.1. The largest absolute Gasteiger partial charge is 0.480 e. The summed E-state index contributed by atoms with van der Waals surface area (Å²) in [5.74, 6) is 0.870. The van der Waals surface area contributed by atoms with Crippen LogP contribution in [0.1, 0.15) is 12.2 Å². The maximum Gasteiger partial charge on any atom is 0.326 e. The van der Waals surface area contributed by atoms with Crippen LogP contribution >= 0.6 is 0 Å².